The van der Waals surface area contributed by atoms with Gasteiger partial charge in [-0.1, -0.05) is 29.8 Å². The first-order valence-electron chi connectivity index (χ1n) is 9.09. The molecule has 2 aliphatic heterocycles. The number of nitrogens with zero attached hydrogens (tertiary/aromatic N) is 2. The predicted octanol–water partition coefficient (Wildman–Crippen LogP) is 4.45. The quantitative estimate of drug-likeness (QED) is 0.777. The molecule has 2 aromatic rings. The van der Waals surface area contributed by atoms with Gasteiger partial charge in [-0.15, -0.1) is 0 Å². The van der Waals surface area contributed by atoms with Crippen LogP contribution in [0.1, 0.15) is 29.6 Å². The van der Waals surface area contributed by atoms with E-state index < -0.39 is 5.82 Å². The molecule has 2 heterocycles. The summed E-state index contributed by atoms with van der Waals surface area (Å²) in [6.45, 7) is 1.59. The summed E-state index contributed by atoms with van der Waals surface area (Å²) in [5.74, 6) is -0.368. The normalized spacial score (nSPS) is 23.1. The van der Waals surface area contributed by atoms with E-state index >= 15 is 0 Å². The van der Waals surface area contributed by atoms with Crippen molar-refractivity contribution in [1.29, 1.82) is 0 Å². The monoisotopic (exact) mass is 372 g/mol. The van der Waals surface area contributed by atoms with E-state index in [1.807, 2.05) is 29.2 Å². The summed E-state index contributed by atoms with van der Waals surface area (Å²) in [6.07, 6.45) is 3.44. The summed E-state index contributed by atoms with van der Waals surface area (Å²) in [5, 5.41) is 0.0887. The Bertz CT molecular complexity index is 841. The number of halogens is 2. The number of rotatable bonds is 2. The van der Waals surface area contributed by atoms with Gasteiger partial charge in [0.25, 0.3) is 5.91 Å². The van der Waals surface area contributed by atoms with Crippen molar-refractivity contribution in [3.8, 4) is 11.1 Å². The van der Waals surface area contributed by atoms with Crippen molar-refractivity contribution in [1.82, 2.24) is 9.80 Å². The van der Waals surface area contributed by atoms with E-state index in [0.717, 1.165) is 30.6 Å². The average molecular weight is 373 g/mol. The zero-order valence-electron chi connectivity index (χ0n) is 14.8. The highest BCUT2D eigenvalue weighted by atomic mass is 35.5. The minimum atomic E-state index is -0.439. The Hall–Kier alpha value is -1.91. The Morgan fingerprint density at radius 2 is 1.85 bits per heavy atom. The summed E-state index contributed by atoms with van der Waals surface area (Å²) in [4.78, 5) is 17.5. The first-order chi connectivity index (χ1) is 12.5. The average Bonchev–Trinajstić information content (AvgIpc) is 2.89. The van der Waals surface area contributed by atoms with E-state index in [9.17, 15) is 9.18 Å². The predicted molar refractivity (Wildman–Crippen MR) is 102 cm³/mol. The van der Waals surface area contributed by atoms with Gasteiger partial charge in [0.05, 0.1) is 5.02 Å². The molecule has 4 rings (SSSR count). The SMILES string of the molecule is CN1[C@H]2CC[C@@H]1CN(C(=O)c1cccc(-c3ccc(F)c(Cl)c3)c1)CC2. The van der Waals surface area contributed by atoms with Gasteiger partial charge in [-0.2, -0.15) is 0 Å². The van der Waals surface area contributed by atoms with Crippen LogP contribution in [0, 0.1) is 5.82 Å². The molecule has 0 aromatic heterocycles. The van der Waals surface area contributed by atoms with E-state index in [-0.39, 0.29) is 10.9 Å². The van der Waals surface area contributed by atoms with Crippen molar-refractivity contribution < 1.29 is 9.18 Å². The van der Waals surface area contributed by atoms with Crippen molar-refractivity contribution >= 4 is 17.5 Å². The van der Waals surface area contributed by atoms with Gasteiger partial charge in [0, 0.05) is 30.7 Å². The van der Waals surface area contributed by atoms with Gasteiger partial charge in [0.2, 0.25) is 0 Å². The molecule has 0 unspecified atom stereocenters. The Kier molecular flexibility index (Phi) is 4.72. The summed E-state index contributed by atoms with van der Waals surface area (Å²) >= 11 is 5.90. The molecule has 136 valence electrons. The topological polar surface area (TPSA) is 23.6 Å². The molecule has 0 radical (unpaired) electrons. The van der Waals surface area contributed by atoms with Crippen LogP contribution in [-0.2, 0) is 0 Å². The number of likely N-dealkylation sites (N-methyl/N-ethyl adjacent to an activating group) is 1. The fourth-order valence-corrected chi connectivity index (χ4v) is 4.36. The third-order valence-electron chi connectivity index (χ3n) is 5.80. The second-order valence-corrected chi connectivity index (χ2v) is 7.71. The Morgan fingerprint density at radius 3 is 2.65 bits per heavy atom. The summed E-state index contributed by atoms with van der Waals surface area (Å²) < 4.78 is 13.4. The van der Waals surface area contributed by atoms with Crippen LogP contribution in [0.2, 0.25) is 5.02 Å². The molecule has 3 nitrogen and oxygen atoms in total. The lowest BCUT2D eigenvalue weighted by molar-refractivity contribution is 0.0740. The van der Waals surface area contributed by atoms with Crippen molar-refractivity contribution in [2.24, 2.45) is 0 Å². The second kappa shape index (κ2) is 7.01. The lowest BCUT2D eigenvalue weighted by atomic mass is 10.0. The number of likely N-dealkylation sites (tertiary alicyclic amines) is 1. The maximum absolute atomic E-state index is 13.4. The molecule has 2 bridgehead atoms. The van der Waals surface area contributed by atoms with E-state index in [2.05, 4.69) is 11.9 Å². The maximum Gasteiger partial charge on any atom is 0.253 e. The molecule has 1 amide bonds. The summed E-state index contributed by atoms with van der Waals surface area (Å²) in [5.41, 5.74) is 2.34. The number of hydrogen-bond donors (Lipinski definition) is 0. The van der Waals surface area contributed by atoms with Gasteiger partial charge >= 0.3 is 0 Å². The lowest BCUT2D eigenvalue weighted by Crippen LogP contribution is -2.39. The molecule has 0 spiro atoms. The molecular weight excluding hydrogens is 351 g/mol. The van der Waals surface area contributed by atoms with Crippen LogP contribution >= 0.6 is 11.6 Å². The molecule has 26 heavy (non-hydrogen) atoms. The van der Waals surface area contributed by atoms with Crippen molar-refractivity contribution in [3.05, 3.63) is 58.9 Å². The van der Waals surface area contributed by atoms with Crippen LogP contribution in [0.25, 0.3) is 11.1 Å². The Balaban J connectivity index is 1.58. The molecule has 2 aliphatic rings. The maximum atomic E-state index is 13.4. The van der Waals surface area contributed by atoms with E-state index in [1.54, 1.807) is 12.1 Å². The standard InChI is InChI=1S/C21H22ClFN2O/c1-24-17-6-7-18(24)13-25(10-9-17)21(26)16-4-2-3-14(11-16)15-5-8-20(23)19(22)12-15/h2-5,8,11-12,17-18H,6-7,9-10,13H2,1H3/t17-,18+/m0/s1. The van der Waals surface area contributed by atoms with E-state index in [0.29, 0.717) is 17.6 Å². The van der Waals surface area contributed by atoms with Gasteiger partial charge < -0.3 is 4.90 Å². The van der Waals surface area contributed by atoms with Crippen LogP contribution < -0.4 is 0 Å². The van der Waals surface area contributed by atoms with Crippen LogP contribution in [0.15, 0.2) is 42.5 Å². The third-order valence-corrected chi connectivity index (χ3v) is 6.09. The van der Waals surface area contributed by atoms with Crippen molar-refractivity contribution in [3.63, 3.8) is 0 Å². The molecule has 2 fully saturated rings. The first kappa shape index (κ1) is 17.5. The summed E-state index contributed by atoms with van der Waals surface area (Å²) in [6, 6.07) is 13.2. The largest absolute Gasteiger partial charge is 0.337 e. The zero-order chi connectivity index (χ0) is 18.3. The van der Waals surface area contributed by atoms with Gasteiger partial charge in [-0.05, 0) is 61.7 Å². The molecule has 0 N–H and O–H groups in total. The lowest BCUT2D eigenvalue weighted by Gasteiger charge is -2.26. The summed E-state index contributed by atoms with van der Waals surface area (Å²) in [7, 11) is 2.18. The van der Waals surface area contributed by atoms with Gasteiger partial charge in [0.1, 0.15) is 5.82 Å². The van der Waals surface area contributed by atoms with E-state index in [1.165, 1.54) is 18.9 Å². The first-order valence-corrected chi connectivity index (χ1v) is 9.47. The van der Waals surface area contributed by atoms with Crippen LogP contribution in [0.4, 0.5) is 4.39 Å². The van der Waals surface area contributed by atoms with Gasteiger partial charge in [-0.25, -0.2) is 4.39 Å². The third kappa shape index (κ3) is 3.24. The fourth-order valence-electron chi connectivity index (χ4n) is 4.18. The fraction of sp³-hybridized carbons (Fsp3) is 0.381. The molecule has 2 aromatic carbocycles. The highest BCUT2D eigenvalue weighted by Crippen LogP contribution is 2.30. The molecule has 0 aliphatic carbocycles. The Labute approximate surface area is 158 Å². The zero-order valence-corrected chi connectivity index (χ0v) is 15.5. The number of fused-ring (bicyclic) bond motifs is 2. The Morgan fingerprint density at radius 1 is 1.08 bits per heavy atom. The highest BCUT2D eigenvalue weighted by molar-refractivity contribution is 6.31. The number of carbonyl (C=O) groups is 1. The second-order valence-electron chi connectivity index (χ2n) is 7.30. The van der Waals surface area contributed by atoms with Crippen LogP contribution in [0.3, 0.4) is 0 Å². The van der Waals surface area contributed by atoms with Crippen LogP contribution in [0.5, 0.6) is 0 Å². The molecular formula is C21H22ClFN2O. The van der Waals surface area contributed by atoms with Gasteiger partial charge in [0.15, 0.2) is 0 Å². The molecule has 5 heteroatoms. The number of amides is 1. The van der Waals surface area contributed by atoms with Crippen molar-refractivity contribution in [2.45, 2.75) is 31.3 Å². The molecule has 0 saturated carbocycles. The number of benzene rings is 2. The minimum absolute atomic E-state index is 0.0704. The molecule has 2 saturated heterocycles. The van der Waals surface area contributed by atoms with Crippen LogP contribution in [-0.4, -0.2) is 47.9 Å². The number of hydrogen-bond acceptors (Lipinski definition) is 2. The minimum Gasteiger partial charge on any atom is -0.337 e. The number of carbonyl (C=O) groups excluding carboxylic acids is 1. The van der Waals surface area contributed by atoms with Crippen molar-refractivity contribution in [2.75, 3.05) is 20.1 Å². The molecule has 2 atom stereocenters. The smallest absolute Gasteiger partial charge is 0.253 e. The highest BCUT2D eigenvalue weighted by Gasteiger charge is 2.36. The van der Waals surface area contributed by atoms with E-state index in [4.69, 9.17) is 11.6 Å². The van der Waals surface area contributed by atoms with Gasteiger partial charge in [-0.3, -0.25) is 9.69 Å².